The number of hydrogen-bond donors (Lipinski definition) is 2. The van der Waals surface area contributed by atoms with Crippen molar-refractivity contribution in [1.82, 2.24) is 9.97 Å². The highest BCUT2D eigenvalue weighted by Gasteiger charge is 2.21. The third-order valence-electron chi connectivity index (χ3n) is 3.33. The van der Waals surface area contributed by atoms with Gasteiger partial charge in [0, 0.05) is 17.9 Å². The fourth-order valence-corrected chi connectivity index (χ4v) is 3.57. The van der Waals surface area contributed by atoms with Crippen LogP contribution < -0.4 is 10.9 Å². The van der Waals surface area contributed by atoms with Crippen LogP contribution in [-0.2, 0) is 10.5 Å². The van der Waals surface area contributed by atoms with Gasteiger partial charge in [0.1, 0.15) is 11.6 Å². The molecule has 0 aliphatic rings. The Balaban J connectivity index is 2.11. The minimum absolute atomic E-state index is 0.0926. The van der Waals surface area contributed by atoms with Crippen LogP contribution in [0.4, 0.5) is 14.5 Å². The Morgan fingerprint density at radius 2 is 2.08 bits per heavy atom. The highest BCUT2D eigenvalue weighted by atomic mass is 32.2. The van der Waals surface area contributed by atoms with Gasteiger partial charge in [-0.25, -0.2) is 13.8 Å². The summed E-state index contributed by atoms with van der Waals surface area (Å²) in [5, 5.41) is 2.20. The van der Waals surface area contributed by atoms with Gasteiger partial charge in [0.25, 0.3) is 5.56 Å². The Kier molecular flexibility index (Phi) is 7.65. The van der Waals surface area contributed by atoms with Crippen molar-refractivity contribution in [2.24, 2.45) is 0 Å². The fourth-order valence-electron chi connectivity index (χ4n) is 2.08. The summed E-state index contributed by atoms with van der Waals surface area (Å²) in [4.78, 5) is 31.2. The third-order valence-corrected chi connectivity index (χ3v) is 5.49. The summed E-state index contributed by atoms with van der Waals surface area (Å²) >= 11 is 2.74. The number of carbonyl (C=O) groups excluding carboxylic acids is 1. The molecule has 9 heteroatoms. The number of hydrogen-bond acceptors (Lipinski definition) is 5. The van der Waals surface area contributed by atoms with E-state index in [2.05, 4.69) is 15.3 Å². The summed E-state index contributed by atoms with van der Waals surface area (Å²) in [5.74, 6) is -0.495. The third kappa shape index (κ3) is 5.84. The lowest BCUT2D eigenvalue weighted by molar-refractivity contribution is -0.115. The summed E-state index contributed by atoms with van der Waals surface area (Å²) in [6, 6.07) is 4.38. The Hall–Kier alpha value is -1.87. The molecule has 1 aromatic carbocycles. The van der Waals surface area contributed by atoms with Crippen molar-refractivity contribution >= 4 is 35.1 Å². The largest absolute Gasteiger partial charge is 0.323 e. The Labute approximate surface area is 158 Å². The second kappa shape index (κ2) is 9.72. The van der Waals surface area contributed by atoms with Gasteiger partial charge in [-0.2, -0.15) is 11.8 Å². The van der Waals surface area contributed by atoms with E-state index in [4.69, 9.17) is 0 Å². The van der Waals surface area contributed by atoms with Gasteiger partial charge in [-0.3, -0.25) is 9.59 Å². The van der Waals surface area contributed by atoms with Gasteiger partial charge >= 0.3 is 0 Å². The molecule has 1 atom stereocenters. The molecular weight excluding hydrogens is 380 g/mol. The number of amides is 1. The van der Waals surface area contributed by atoms with Crippen molar-refractivity contribution in [2.45, 2.75) is 36.4 Å². The Morgan fingerprint density at radius 3 is 2.73 bits per heavy atom. The van der Waals surface area contributed by atoms with Crippen molar-refractivity contribution in [3.8, 4) is 0 Å². The van der Waals surface area contributed by atoms with E-state index in [0.717, 1.165) is 23.6 Å². The molecule has 0 bridgehead atoms. The predicted molar refractivity (Wildman–Crippen MR) is 102 cm³/mol. The van der Waals surface area contributed by atoms with E-state index in [1.165, 1.54) is 12.1 Å². The first-order valence-corrected chi connectivity index (χ1v) is 10.1. The fraction of sp³-hybridized carbons (Fsp3) is 0.353. The monoisotopic (exact) mass is 399 g/mol. The number of H-pyrrole nitrogens is 1. The number of nitrogens with one attached hydrogen (secondary N) is 2. The lowest BCUT2D eigenvalue weighted by atomic mass is 10.2. The maximum Gasteiger partial charge on any atom is 0.251 e. The molecular formula is C17H19F2N3O2S2. The van der Waals surface area contributed by atoms with Crippen molar-refractivity contribution in [2.75, 3.05) is 11.1 Å². The van der Waals surface area contributed by atoms with Crippen LogP contribution >= 0.6 is 23.5 Å². The first-order valence-electron chi connectivity index (χ1n) is 8.03. The minimum Gasteiger partial charge on any atom is -0.323 e. The van der Waals surface area contributed by atoms with Crippen molar-refractivity contribution in [3.63, 3.8) is 0 Å². The zero-order valence-corrected chi connectivity index (χ0v) is 16.0. The summed E-state index contributed by atoms with van der Waals surface area (Å²) < 4.78 is 26.7. The second-order valence-corrected chi connectivity index (χ2v) is 7.77. The van der Waals surface area contributed by atoms with E-state index in [9.17, 15) is 18.4 Å². The number of aromatic amines is 1. The van der Waals surface area contributed by atoms with E-state index >= 15 is 0 Å². The van der Waals surface area contributed by atoms with Gasteiger partial charge in [0.15, 0.2) is 5.16 Å². The highest BCUT2D eigenvalue weighted by Crippen LogP contribution is 2.24. The molecule has 0 fully saturated rings. The SMILES string of the molecule is CCSCc1cc(=O)[nH]c(SC(CC)C(=O)Nc2ccc(F)cc2F)n1. The van der Waals surface area contributed by atoms with E-state index in [0.29, 0.717) is 29.1 Å². The quantitative estimate of drug-likeness (QED) is 0.522. The number of nitrogens with zero attached hydrogens (tertiary/aromatic N) is 1. The zero-order valence-electron chi connectivity index (χ0n) is 14.3. The molecule has 0 aliphatic heterocycles. The van der Waals surface area contributed by atoms with Crippen LogP contribution in [0, 0.1) is 11.6 Å². The normalized spacial score (nSPS) is 12.0. The molecule has 0 spiro atoms. The van der Waals surface area contributed by atoms with Crippen molar-refractivity contribution in [1.29, 1.82) is 0 Å². The maximum absolute atomic E-state index is 13.7. The topological polar surface area (TPSA) is 74.8 Å². The Morgan fingerprint density at radius 1 is 1.31 bits per heavy atom. The minimum atomic E-state index is -0.844. The number of aromatic nitrogens is 2. The highest BCUT2D eigenvalue weighted by molar-refractivity contribution is 8.00. The molecule has 1 heterocycles. The van der Waals surface area contributed by atoms with E-state index < -0.39 is 22.8 Å². The molecule has 2 rings (SSSR count). The van der Waals surface area contributed by atoms with Gasteiger partial charge in [-0.05, 0) is 24.3 Å². The van der Waals surface area contributed by atoms with Crippen LogP contribution in [0.1, 0.15) is 26.0 Å². The number of benzene rings is 1. The molecule has 5 nitrogen and oxygen atoms in total. The summed E-state index contributed by atoms with van der Waals surface area (Å²) in [6.07, 6.45) is 0.441. The van der Waals surface area contributed by atoms with E-state index in [-0.39, 0.29) is 11.2 Å². The number of halogens is 2. The lowest BCUT2D eigenvalue weighted by Gasteiger charge is -2.15. The molecule has 0 saturated carbocycles. The van der Waals surface area contributed by atoms with Crippen LogP contribution in [-0.4, -0.2) is 26.9 Å². The lowest BCUT2D eigenvalue weighted by Crippen LogP contribution is -2.26. The average molecular weight is 399 g/mol. The number of carbonyl (C=O) groups is 1. The molecule has 2 N–H and O–H groups in total. The first kappa shape index (κ1) is 20.4. The maximum atomic E-state index is 13.7. The molecule has 1 unspecified atom stereocenters. The molecule has 1 aromatic heterocycles. The molecule has 26 heavy (non-hydrogen) atoms. The van der Waals surface area contributed by atoms with Gasteiger partial charge < -0.3 is 10.3 Å². The van der Waals surface area contributed by atoms with Crippen LogP contribution in [0.5, 0.6) is 0 Å². The van der Waals surface area contributed by atoms with E-state index in [1.807, 2.05) is 6.92 Å². The summed E-state index contributed by atoms with van der Waals surface area (Å²) in [5.41, 5.74) is 0.266. The molecule has 140 valence electrons. The summed E-state index contributed by atoms with van der Waals surface area (Å²) in [7, 11) is 0. The molecule has 2 aromatic rings. The number of thioether (sulfide) groups is 2. The summed E-state index contributed by atoms with van der Waals surface area (Å²) in [6.45, 7) is 3.81. The van der Waals surface area contributed by atoms with Crippen LogP contribution in [0.15, 0.2) is 34.2 Å². The number of anilines is 1. The smallest absolute Gasteiger partial charge is 0.251 e. The van der Waals surface area contributed by atoms with Gasteiger partial charge in [-0.15, -0.1) is 0 Å². The number of rotatable bonds is 8. The van der Waals surface area contributed by atoms with Gasteiger partial charge in [0.05, 0.1) is 16.6 Å². The zero-order chi connectivity index (χ0) is 19.1. The van der Waals surface area contributed by atoms with Gasteiger partial charge in [0.2, 0.25) is 5.91 Å². The van der Waals surface area contributed by atoms with Crippen molar-refractivity contribution in [3.05, 3.63) is 51.9 Å². The van der Waals surface area contributed by atoms with Crippen LogP contribution in [0.3, 0.4) is 0 Å². The molecule has 0 radical (unpaired) electrons. The van der Waals surface area contributed by atoms with Crippen molar-refractivity contribution < 1.29 is 13.6 Å². The predicted octanol–water partition coefficient (Wildman–Crippen LogP) is 3.81. The molecule has 1 amide bonds. The Bertz CT molecular complexity index is 830. The molecule has 0 saturated heterocycles. The van der Waals surface area contributed by atoms with Gasteiger partial charge in [-0.1, -0.05) is 25.6 Å². The standard InChI is InChI=1S/C17H19F2N3O2S2/c1-3-14(16(24)21-13-6-5-10(18)7-12(13)19)26-17-20-11(9-25-4-2)8-15(23)22-17/h5-8,14H,3-4,9H2,1-2H3,(H,21,24)(H,20,22,23). The van der Waals surface area contributed by atoms with Crippen LogP contribution in [0.25, 0.3) is 0 Å². The van der Waals surface area contributed by atoms with Crippen LogP contribution in [0.2, 0.25) is 0 Å². The van der Waals surface area contributed by atoms with E-state index in [1.54, 1.807) is 18.7 Å². The second-order valence-electron chi connectivity index (χ2n) is 5.31. The molecule has 0 aliphatic carbocycles. The average Bonchev–Trinajstić information content (AvgIpc) is 2.59. The first-order chi connectivity index (χ1) is 12.4.